The number of nitrogens with zero attached hydrogens (tertiary/aromatic N) is 3. The number of nitrogens with one attached hydrogen (secondary N) is 1. The average Bonchev–Trinajstić information content (AvgIpc) is 2.68. The van der Waals surface area contributed by atoms with Crippen LogP contribution in [-0.2, 0) is 0 Å². The number of pyridine rings is 1. The number of likely N-dealkylation sites (tertiary alicyclic amines) is 2. The Labute approximate surface area is 180 Å². The zero-order chi connectivity index (χ0) is 21.1. The fourth-order valence-electron chi connectivity index (χ4n) is 4.61. The average molecular weight is 407 g/mol. The third-order valence-electron chi connectivity index (χ3n) is 6.24. The Hall–Kier alpha value is -2.40. The van der Waals surface area contributed by atoms with Gasteiger partial charge in [-0.15, -0.1) is 0 Å². The molecule has 4 rings (SSSR count). The van der Waals surface area contributed by atoms with E-state index in [0.717, 1.165) is 18.8 Å². The van der Waals surface area contributed by atoms with Gasteiger partial charge in [0.15, 0.2) is 0 Å². The number of carbonyl (C=O) groups is 1. The van der Waals surface area contributed by atoms with E-state index in [-0.39, 0.29) is 6.03 Å². The monoisotopic (exact) mass is 406 g/mol. The van der Waals surface area contributed by atoms with Crippen molar-refractivity contribution in [3.8, 4) is 0 Å². The molecule has 0 atom stereocenters. The van der Waals surface area contributed by atoms with Crippen molar-refractivity contribution in [3.05, 3.63) is 59.9 Å². The lowest BCUT2D eigenvalue weighted by atomic mass is 9.88. The first kappa shape index (κ1) is 20.9. The molecule has 160 valence electrons. The summed E-state index contributed by atoms with van der Waals surface area (Å²) in [4.78, 5) is 21.1. The molecule has 1 N–H and O–H groups in total. The van der Waals surface area contributed by atoms with Crippen molar-refractivity contribution in [2.24, 2.45) is 5.41 Å². The van der Waals surface area contributed by atoms with E-state index in [1.807, 2.05) is 29.3 Å². The molecule has 0 saturated carbocycles. The van der Waals surface area contributed by atoms with Gasteiger partial charge in [0, 0.05) is 43.6 Å². The summed E-state index contributed by atoms with van der Waals surface area (Å²) in [7, 11) is 0. The molecule has 2 amide bonds. The van der Waals surface area contributed by atoms with E-state index in [1.54, 1.807) is 6.20 Å². The predicted molar refractivity (Wildman–Crippen MR) is 122 cm³/mol. The van der Waals surface area contributed by atoms with Crippen molar-refractivity contribution in [1.82, 2.24) is 14.8 Å². The van der Waals surface area contributed by atoms with E-state index < -0.39 is 0 Å². The molecule has 5 heteroatoms. The lowest BCUT2D eigenvalue weighted by Gasteiger charge is -2.39. The van der Waals surface area contributed by atoms with Crippen LogP contribution in [0.1, 0.15) is 56.6 Å². The van der Waals surface area contributed by atoms with Crippen LogP contribution in [0.4, 0.5) is 10.5 Å². The van der Waals surface area contributed by atoms with Crippen LogP contribution in [0.3, 0.4) is 0 Å². The van der Waals surface area contributed by atoms with Crippen molar-refractivity contribution in [1.29, 1.82) is 0 Å². The van der Waals surface area contributed by atoms with Crippen molar-refractivity contribution in [2.45, 2.75) is 45.4 Å². The minimum atomic E-state index is -0.0154. The molecule has 0 aliphatic carbocycles. The Morgan fingerprint density at radius 2 is 1.73 bits per heavy atom. The number of hydrogen-bond donors (Lipinski definition) is 1. The van der Waals surface area contributed by atoms with Gasteiger partial charge in [0.25, 0.3) is 0 Å². The zero-order valence-electron chi connectivity index (χ0n) is 18.5. The van der Waals surface area contributed by atoms with E-state index in [9.17, 15) is 4.79 Å². The quantitative estimate of drug-likeness (QED) is 0.782. The third-order valence-corrected chi connectivity index (χ3v) is 6.24. The molecular weight excluding hydrogens is 372 g/mol. The van der Waals surface area contributed by atoms with E-state index in [0.29, 0.717) is 17.3 Å². The summed E-state index contributed by atoms with van der Waals surface area (Å²) < 4.78 is 0. The van der Waals surface area contributed by atoms with Crippen LogP contribution in [0.5, 0.6) is 0 Å². The molecule has 3 heterocycles. The molecule has 2 fully saturated rings. The minimum absolute atomic E-state index is 0.0154. The van der Waals surface area contributed by atoms with Gasteiger partial charge in [-0.2, -0.15) is 0 Å². The number of anilines is 1. The lowest BCUT2D eigenvalue weighted by Crippen LogP contribution is -2.50. The molecule has 1 aromatic heterocycles. The van der Waals surface area contributed by atoms with Gasteiger partial charge in [-0.1, -0.05) is 39.0 Å². The Kier molecular flexibility index (Phi) is 6.09. The van der Waals surface area contributed by atoms with Gasteiger partial charge >= 0.3 is 6.03 Å². The summed E-state index contributed by atoms with van der Waals surface area (Å²) in [5.41, 5.74) is 3.84. The normalized spacial score (nSPS) is 18.8. The number of rotatable bonds is 4. The SMILES string of the molecule is CC(C)(C)CN1CCC(c2ccc(NC(=O)N3CC(c4cccnc4)C3)cc2)CC1. The highest BCUT2D eigenvalue weighted by Crippen LogP contribution is 2.31. The zero-order valence-corrected chi connectivity index (χ0v) is 18.5. The summed E-state index contributed by atoms with van der Waals surface area (Å²) in [6.45, 7) is 12.0. The largest absolute Gasteiger partial charge is 0.323 e. The molecule has 0 unspecified atom stereocenters. The second kappa shape index (κ2) is 8.76. The smallest absolute Gasteiger partial charge is 0.321 e. The molecular formula is C25H34N4O. The number of amides is 2. The molecule has 1 aromatic carbocycles. The Bertz CT molecular complexity index is 830. The molecule has 0 spiro atoms. The van der Waals surface area contributed by atoms with Gasteiger partial charge in [-0.05, 0) is 66.6 Å². The van der Waals surface area contributed by atoms with E-state index in [1.165, 1.54) is 43.6 Å². The van der Waals surface area contributed by atoms with Crippen molar-refractivity contribution < 1.29 is 4.79 Å². The van der Waals surface area contributed by atoms with Crippen LogP contribution >= 0.6 is 0 Å². The Morgan fingerprint density at radius 1 is 1.03 bits per heavy atom. The number of aromatic nitrogens is 1. The summed E-state index contributed by atoms with van der Waals surface area (Å²) in [6, 6.07) is 12.5. The van der Waals surface area contributed by atoms with Gasteiger partial charge in [-0.25, -0.2) is 4.79 Å². The predicted octanol–water partition coefficient (Wildman–Crippen LogP) is 4.94. The Morgan fingerprint density at radius 3 is 2.33 bits per heavy atom. The van der Waals surface area contributed by atoms with Crippen LogP contribution < -0.4 is 5.32 Å². The number of urea groups is 1. The number of carbonyl (C=O) groups excluding carboxylic acids is 1. The molecule has 0 radical (unpaired) electrons. The van der Waals surface area contributed by atoms with E-state index in [2.05, 4.69) is 54.2 Å². The second-order valence-electron chi connectivity index (χ2n) is 10.1. The fourth-order valence-corrected chi connectivity index (χ4v) is 4.61. The van der Waals surface area contributed by atoms with Crippen LogP contribution in [0.25, 0.3) is 0 Å². The molecule has 30 heavy (non-hydrogen) atoms. The maximum absolute atomic E-state index is 12.5. The summed E-state index contributed by atoms with van der Waals surface area (Å²) in [5.74, 6) is 1.03. The standard InChI is InChI=1S/C25H34N4O/c1-25(2,3)18-28-13-10-20(11-14-28)19-6-8-23(9-7-19)27-24(30)29-16-22(17-29)21-5-4-12-26-15-21/h4-9,12,15,20,22H,10-11,13-14,16-18H2,1-3H3,(H,27,30). The first-order chi connectivity index (χ1) is 14.4. The van der Waals surface area contributed by atoms with E-state index >= 15 is 0 Å². The summed E-state index contributed by atoms with van der Waals surface area (Å²) in [5, 5.41) is 3.04. The Balaban J connectivity index is 1.24. The van der Waals surface area contributed by atoms with Crippen LogP contribution in [0, 0.1) is 5.41 Å². The molecule has 2 aromatic rings. The topological polar surface area (TPSA) is 48.5 Å². The van der Waals surface area contributed by atoms with Crippen molar-refractivity contribution in [2.75, 3.05) is 38.0 Å². The van der Waals surface area contributed by atoms with E-state index in [4.69, 9.17) is 0 Å². The van der Waals surface area contributed by atoms with Crippen molar-refractivity contribution in [3.63, 3.8) is 0 Å². The highest BCUT2D eigenvalue weighted by molar-refractivity contribution is 5.90. The van der Waals surface area contributed by atoms with Gasteiger partial charge < -0.3 is 15.1 Å². The highest BCUT2D eigenvalue weighted by atomic mass is 16.2. The molecule has 2 aliphatic heterocycles. The number of benzene rings is 1. The highest BCUT2D eigenvalue weighted by Gasteiger charge is 2.32. The van der Waals surface area contributed by atoms with Crippen LogP contribution in [-0.4, -0.2) is 53.5 Å². The fraction of sp³-hybridized carbons (Fsp3) is 0.520. The summed E-state index contributed by atoms with van der Waals surface area (Å²) in [6.07, 6.45) is 6.11. The van der Waals surface area contributed by atoms with Gasteiger partial charge in [0.05, 0.1) is 0 Å². The molecule has 0 bridgehead atoms. The van der Waals surface area contributed by atoms with Crippen LogP contribution in [0.15, 0.2) is 48.8 Å². The van der Waals surface area contributed by atoms with Crippen molar-refractivity contribution >= 4 is 11.7 Å². The molecule has 2 saturated heterocycles. The maximum Gasteiger partial charge on any atom is 0.321 e. The second-order valence-corrected chi connectivity index (χ2v) is 10.1. The van der Waals surface area contributed by atoms with Gasteiger partial charge in [0.1, 0.15) is 0 Å². The summed E-state index contributed by atoms with van der Waals surface area (Å²) >= 11 is 0. The third kappa shape index (κ3) is 5.20. The van der Waals surface area contributed by atoms with Gasteiger partial charge in [0.2, 0.25) is 0 Å². The first-order valence-corrected chi connectivity index (χ1v) is 11.2. The first-order valence-electron chi connectivity index (χ1n) is 11.2. The molecule has 5 nitrogen and oxygen atoms in total. The number of hydrogen-bond acceptors (Lipinski definition) is 3. The van der Waals surface area contributed by atoms with Gasteiger partial charge in [-0.3, -0.25) is 4.98 Å². The van der Waals surface area contributed by atoms with Crippen LogP contribution in [0.2, 0.25) is 0 Å². The minimum Gasteiger partial charge on any atom is -0.323 e. The maximum atomic E-state index is 12.5. The lowest BCUT2D eigenvalue weighted by molar-refractivity contribution is 0.154. The number of piperidine rings is 1. The molecule has 2 aliphatic rings.